The fourth-order valence-corrected chi connectivity index (χ4v) is 2.64. The minimum absolute atomic E-state index is 0.265. The molecule has 0 atom stereocenters. The lowest BCUT2D eigenvalue weighted by atomic mass is 9.94. The quantitative estimate of drug-likeness (QED) is 0.694. The Bertz CT molecular complexity index is 218. The Hall–Kier alpha value is -0.290. The number of rotatable bonds is 1. The topological polar surface area (TPSA) is 12.5 Å². The molecule has 0 radical (unpaired) electrons. The van der Waals surface area contributed by atoms with Crippen LogP contribution in [-0.2, 0) is 4.74 Å². The van der Waals surface area contributed by atoms with E-state index in [1.807, 2.05) is 0 Å². The molecule has 0 aliphatic carbocycles. The van der Waals surface area contributed by atoms with Crippen LogP contribution in [-0.4, -0.2) is 43.4 Å². The first-order valence-corrected chi connectivity index (χ1v) is 5.96. The van der Waals surface area contributed by atoms with E-state index in [0.29, 0.717) is 19.1 Å². The summed E-state index contributed by atoms with van der Waals surface area (Å²) < 4.78 is 42.7. The maximum atomic E-state index is 12.5. The van der Waals surface area contributed by atoms with Gasteiger partial charge in [-0.05, 0) is 38.8 Å². The van der Waals surface area contributed by atoms with E-state index in [2.05, 4.69) is 4.90 Å². The molecule has 0 bridgehead atoms. The highest BCUT2D eigenvalue weighted by atomic mass is 19.4. The third kappa shape index (κ3) is 2.88. The Kier molecular flexibility index (Phi) is 3.74. The number of nitrogens with zero attached hydrogens (tertiary/aromatic N) is 1. The molecule has 2 nitrogen and oxygen atoms in total. The van der Waals surface area contributed by atoms with Crippen molar-refractivity contribution in [1.29, 1.82) is 0 Å². The molecular formula is C11H18F3NO. The van der Waals surface area contributed by atoms with Crippen molar-refractivity contribution < 1.29 is 17.9 Å². The van der Waals surface area contributed by atoms with Crippen LogP contribution < -0.4 is 0 Å². The molecule has 0 aromatic carbocycles. The Balaban J connectivity index is 1.80. The van der Waals surface area contributed by atoms with E-state index in [1.165, 1.54) is 0 Å². The van der Waals surface area contributed by atoms with E-state index >= 15 is 0 Å². The van der Waals surface area contributed by atoms with Crippen LogP contribution in [0.3, 0.4) is 0 Å². The average molecular weight is 237 g/mol. The molecular weight excluding hydrogens is 219 g/mol. The second-order valence-corrected chi connectivity index (χ2v) is 4.70. The highest BCUT2D eigenvalue weighted by Crippen LogP contribution is 2.35. The van der Waals surface area contributed by atoms with Crippen LogP contribution in [0.1, 0.15) is 25.7 Å². The smallest absolute Gasteiger partial charge is 0.381 e. The number of alkyl halides is 3. The Labute approximate surface area is 93.7 Å². The molecule has 0 N–H and O–H groups in total. The van der Waals surface area contributed by atoms with Gasteiger partial charge >= 0.3 is 6.18 Å². The van der Waals surface area contributed by atoms with Crippen molar-refractivity contribution in [3.8, 4) is 0 Å². The number of hydrogen-bond donors (Lipinski definition) is 0. The van der Waals surface area contributed by atoms with Gasteiger partial charge in [-0.25, -0.2) is 0 Å². The molecule has 0 saturated carbocycles. The highest BCUT2D eigenvalue weighted by Gasteiger charge is 2.41. The van der Waals surface area contributed by atoms with Crippen LogP contribution in [0.15, 0.2) is 0 Å². The standard InChI is InChI=1S/C11H18F3NO/c12-11(13,14)9-1-5-15(6-2-9)10-3-7-16-8-4-10/h9-10H,1-8H2. The molecule has 0 amide bonds. The Morgan fingerprint density at radius 2 is 1.50 bits per heavy atom. The summed E-state index contributed by atoms with van der Waals surface area (Å²) in [5.74, 6) is -1.08. The minimum Gasteiger partial charge on any atom is -0.381 e. The first-order chi connectivity index (χ1) is 7.57. The van der Waals surface area contributed by atoms with Gasteiger partial charge in [0.1, 0.15) is 0 Å². The summed E-state index contributed by atoms with van der Waals surface area (Å²) in [5, 5.41) is 0. The van der Waals surface area contributed by atoms with Gasteiger partial charge in [0.15, 0.2) is 0 Å². The van der Waals surface area contributed by atoms with E-state index in [1.54, 1.807) is 0 Å². The summed E-state index contributed by atoms with van der Waals surface area (Å²) in [6, 6.07) is 0.447. The molecule has 2 rings (SSSR count). The highest BCUT2D eigenvalue weighted by molar-refractivity contribution is 4.82. The minimum atomic E-state index is -4.00. The molecule has 2 aliphatic rings. The van der Waals surface area contributed by atoms with Crippen molar-refractivity contribution in [1.82, 2.24) is 4.90 Å². The van der Waals surface area contributed by atoms with Crippen molar-refractivity contribution >= 4 is 0 Å². The van der Waals surface area contributed by atoms with Gasteiger partial charge in [-0.15, -0.1) is 0 Å². The normalized spacial score (nSPS) is 27.2. The van der Waals surface area contributed by atoms with E-state index < -0.39 is 12.1 Å². The Morgan fingerprint density at radius 1 is 0.938 bits per heavy atom. The summed E-state index contributed by atoms with van der Waals surface area (Å²) in [6.07, 6.45) is -1.53. The maximum absolute atomic E-state index is 12.5. The van der Waals surface area contributed by atoms with Gasteiger partial charge in [0.25, 0.3) is 0 Å². The summed E-state index contributed by atoms with van der Waals surface area (Å²) in [6.45, 7) is 2.69. The predicted molar refractivity (Wildman–Crippen MR) is 54.2 cm³/mol. The van der Waals surface area contributed by atoms with E-state index in [4.69, 9.17) is 4.74 Å². The predicted octanol–water partition coefficient (Wildman–Crippen LogP) is 2.44. The third-order valence-corrected chi connectivity index (χ3v) is 3.70. The fourth-order valence-electron chi connectivity index (χ4n) is 2.64. The van der Waals surface area contributed by atoms with Crippen molar-refractivity contribution in [3.05, 3.63) is 0 Å². The van der Waals surface area contributed by atoms with Crippen LogP contribution in [0.25, 0.3) is 0 Å². The zero-order valence-corrected chi connectivity index (χ0v) is 9.30. The molecule has 0 aromatic heterocycles. The molecule has 0 spiro atoms. The monoisotopic (exact) mass is 237 g/mol. The van der Waals surface area contributed by atoms with Gasteiger partial charge in [0.2, 0.25) is 0 Å². The van der Waals surface area contributed by atoms with Gasteiger partial charge in [0, 0.05) is 19.3 Å². The molecule has 2 aliphatic heterocycles. The van der Waals surface area contributed by atoms with Gasteiger partial charge in [-0.3, -0.25) is 0 Å². The number of ether oxygens (including phenoxy) is 1. The molecule has 0 aromatic rings. The number of likely N-dealkylation sites (tertiary alicyclic amines) is 1. The van der Waals surface area contributed by atoms with Crippen LogP contribution in [0, 0.1) is 5.92 Å². The van der Waals surface area contributed by atoms with E-state index in [-0.39, 0.29) is 12.8 Å². The van der Waals surface area contributed by atoms with Crippen LogP contribution in [0.5, 0.6) is 0 Å². The van der Waals surface area contributed by atoms with Gasteiger partial charge < -0.3 is 9.64 Å². The maximum Gasteiger partial charge on any atom is 0.391 e. The second-order valence-electron chi connectivity index (χ2n) is 4.70. The number of hydrogen-bond acceptors (Lipinski definition) is 2. The lowest BCUT2D eigenvalue weighted by molar-refractivity contribution is -0.186. The fraction of sp³-hybridized carbons (Fsp3) is 1.00. The van der Waals surface area contributed by atoms with Gasteiger partial charge in [-0.1, -0.05) is 0 Å². The third-order valence-electron chi connectivity index (χ3n) is 3.70. The molecule has 16 heavy (non-hydrogen) atoms. The van der Waals surface area contributed by atoms with Gasteiger partial charge in [-0.2, -0.15) is 13.2 Å². The summed E-state index contributed by atoms with van der Waals surface area (Å²) >= 11 is 0. The van der Waals surface area contributed by atoms with Crippen LogP contribution in [0.4, 0.5) is 13.2 Å². The number of halogens is 3. The van der Waals surface area contributed by atoms with Crippen molar-refractivity contribution in [2.24, 2.45) is 5.92 Å². The lowest BCUT2D eigenvalue weighted by Gasteiger charge is -2.39. The summed E-state index contributed by atoms with van der Waals surface area (Å²) in [5.41, 5.74) is 0. The molecule has 5 heteroatoms. The van der Waals surface area contributed by atoms with Crippen molar-refractivity contribution in [3.63, 3.8) is 0 Å². The zero-order chi connectivity index (χ0) is 11.6. The Morgan fingerprint density at radius 3 is 2.00 bits per heavy atom. The zero-order valence-electron chi connectivity index (χ0n) is 9.30. The second kappa shape index (κ2) is 4.92. The largest absolute Gasteiger partial charge is 0.391 e. The van der Waals surface area contributed by atoms with Gasteiger partial charge in [0.05, 0.1) is 5.92 Å². The average Bonchev–Trinajstić information content (AvgIpc) is 2.29. The molecule has 2 saturated heterocycles. The van der Waals surface area contributed by atoms with Crippen molar-refractivity contribution in [2.75, 3.05) is 26.3 Å². The first kappa shape index (κ1) is 12.2. The SMILES string of the molecule is FC(F)(F)C1CCN(C2CCOCC2)CC1. The molecule has 0 unspecified atom stereocenters. The van der Waals surface area contributed by atoms with Crippen LogP contribution in [0.2, 0.25) is 0 Å². The number of piperidine rings is 1. The summed E-state index contributed by atoms with van der Waals surface area (Å²) in [7, 11) is 0. The summed E-state index contributed by atoms with van der Waals surface area (Å²) in [4.78, 5) is 2.21. The first-order valence-electron chi connectivity index (χ1n) is 5.96. The molecule has 2 heterocycles. The molecule has 2 fully saturated rings. The lowest BCUT2D eigenvalue weighted by Crippen LogP contribution is -2.46. The van der Waals surface area contributed by atoms with Crippen LogP contribution >= 0.6 is 0 Å². The van der Waals surface area contributed by atoms with Crippen molar-refractivity contribution in [2.45, 2.75) is 37.9 Å². The van der Waals surface area contributed by atoms with E-state index in [0.717, 1.165) is 26.1 Å². The molecule has 94 valence electrons. The van der Waals surface area contributed by atoms with E-state index in [9.17, 15) is 13.2 Å².